The van der Waals surface area contributed by atoms with E-state index in [1.807, 2.05) is 0 Å². The summed E-state index contributed by atoms with van der Waals surface area (Å²) in [4.78, 5) is 0. The van der Waals surface area contributed by atoms with Crippen LogP contribution in [0.4, 0.5) is 0 Å². The van der Waals surface area contributed by atoms with E-state index >= 15 is 0 Å². The lowest BCUT2D eigenvalue weighted by molar-refractivity contribution is 1.64. The van der Waals surface area contributed by atoms with Crippen LogP contribution in [0.3, 0.4) is 0 Å². The van der Waals surface area contributed by atoms with Gasteiger partial charge in [-0.25, -0.2) is 0 Å². The predicted molar refractivity (Wildman–Crippen MR) is 129 cm³/mol. The molecule has 139 valence electrons. The molecule has 0 unspecified atom stereocenters. The van der Waals surface area contributed by atoms with Crippen LogP contribution in [0.25, 0.3) is 54.6 Å². The molecule has 0 spiro atoms. The highest BCUT2D eigenvalue weighted by Gasteiger charge is 2.12. The minimum absolute atomic E-state index is 1.13. The Labute approximate surface area is 176 Å². The molecule has 0 saturated heterocycles. The van der Waals surface area contributed by atoms with Crippen LogP contribution in [0.1, 0.15) is 0 Å². The number of hydrogen-bond donors (Lipinski definition) is 0. The van der Waals surface area contributed by atoms with Crippen LogP contribution in [0.2, 0.25) is 0 Å². The van der Waals surface area contributed by atoms with Crippen molar-refractivity contribution in [3.8, 4) is 22.3 Å². The van der Waals surface area contributed by atoms with E-state index in [1.165, 1.54) is 43.4 Å². The zero-order chi connectivity index (χ0) is 19.9. The quantitative estimate of drug-likeness (QED) is 0.284. The first kappa shape index (κ1) is 17.0. The van der Waals surface area contributed by atoms with E-state index in [2.05, 4.69) is 121 Å². The normalized spacial score (nSPS) is 11.3. The lowest BCUT2D eigenvalue weighted by Gasteiger charge is -2.14. The lowest BCUT2D eigenvalue weighted by Crippen LogP contribution is -1.88. The molecule has 6 rings (SSSR count). The maximum Gasteiger partial charge on any atom is -0.000719 e. The summed E-state index contributed by atoms with van der Waals surface area (Å²) in [5.41, 5.74) is 4.74. The van der Waals surface area contributed by atoms with Gasteiger partial charge in [-0.3, -0.25) is 0 Å². The van der Waals surface area contributed by atoms with Gasteiger partial charge in [0, 0.05) is 0 Å². The molecule has 0 aromatic heterocycles. The van der Waals surface area contributed by atoms with E-state index in [0.29, 0.717) is 0 Å². The Hall–Kier alpha value is -3.90. The van der Waals surface area contributed by atoms with Gasteiger partial charge in [0.1, 0.15) is 0 Å². The first-order valence-electron chi connectivity index (χ1n) is 10.3. The Balaban J connectivity index is 1.71. The van der Waals surface area contributed by atoms with Crippen molar-refractivity contribution in [1.29, 1.82) is 0 Å². The van der Waals surface area contributed by atoms with Gasteiger partial charge in [0.05, 0.1) is 0 Å². The van der Waals surface area contributed by atoms with Crippen molar-refractivity contribution in [1.82, 2.24) is 0 Å². The standard InChI is InChI=1S/C30H19/c1-4-14-25-21(9-1)12-7-17-28(25)24-19-23-11-3-6-16-27(23)30(20-24)29-18-8-13-22-10-2-5-15-26(22)29/h1-19H. The Morgan fingerprint density at radius 1 is 0.400 bits per heavy atom. The fourth-order valence-electron chi connectivity index (χ4n) is 4.51. The predicted octanol–water partition coefficient (Wildman–Crippen LogP) is 8.28. The number of rotatable bonds is 2. The summed E-state index contributed by atoms with van der Waals surface area (Å²) in [5, 5.41) is 7.50. The van der Waals surface area contributed by atoms with Crippen LogP contribution in [-0.2, 0) is 0 Å². The average Bonchev–Trinajstić information content (AvgIpc) is 2.82. The van der Waals surface area contributed by atoms with E-state index in [1.54, 1.807) is 0 Å². The molecule has 1 radical (unpaired) electrons. The second-order valence-corrected chi connectivity index (χ2v) is 7.70. The van der Waals surface area contributed by atoms with Crippen molar-refractivity contribution >= 4 is 32.3 Å². The van der Waals surface area contributed by atoms with E-state index in [4.69, 9.17) is 0 Å². The fraction of sp³-hybridized carbons (Fsp3) is 0. The zero-order valence-corrected chi connectivity index (χ0v) is 16.5. The molecular formula is C30H19. The van der Waals surface area contributed by atoms with Crippen LogP contribution in [0.15, 0.2) is 115 Å². The summed E-state index contributed by atoms with van der Waals surface area (Å²) in [5.74, 6) is 0. The van der Waals surface area contributed by atoms with Crippen LogP contribution in [0, 0.1) is 6.07 Å². The monoisotopic (exact) mass is 379 g/mol. The maximum absolute atomic E-state index is 3.80. The largest absolute Gasteiger partial charge is 0.0616 e. The van der Waals surface area contributed by atoms with Gasteiger partial charge in [0.2, 0.25) is 0 Å². The smallest absolute Gasteiger partial charge is 0.000719 e. The van der Waals surface area contributed by atoms with E-state index < -0.39 is 0 Å². The molecule has 0 heteroatoms. The minimum Gasteiger partial charge on any atom is -0.0616 e. The summed E-state index contributed by atoms with van der Waals surface area (Å²) in [6, 6.07) is 44.9. The van der Waals surface area contributed by atoms with Gasteiger partial charge in [-0.1, -0.05) is 109 Å². The molecule has 0 aliphatic rings. The summed E-state index contributed by atoms with van der Waals surface area (Å²) < 4.78 is 0. The first-order chi connectivity index (χ1) is 14.9. The number of hydrogen-bond acceptors (Lipinski definition) is 0. The van der Waals surface area contributed by atoms with Gasteiger partial charge in [0.15, 0.2) is 0 Å². The molecule has 0 N–H and O–H groups in total. The fourth-order valence-corrected chi connectivity index (χ4v) is 4.51. The average molecular weight is 379 g/mol. The third kappa shape index (κ3) is 2.69. The van der Waals surface area contributed by atoms with Gasteiger partial charge < -0.3 is 0 Å². The van der Waals surface area contributed by atoms with Crippen molar-refractivity contribution in [2.45, 2.75) is 0 Å². The topological polar surface area (TPSA) is 0 Å². The summed E-state index contributed by atoms with van der Waals surface area (Å²) in [6.45, 7) is 0. The van der Waals surface area contributed by atoms with Gasteiger partial charge >= 0.3 is 0 Å². The Morgan fingerprint density at radius 3 is 1.60 bits per heavy atom. The molecule has 0 aliphatic heterocycles. The third-order valence-electron chi connectivity index (χ3n) is 5.93. The van der Waals surface area contributed by atoms with Crippen LogP contribution in [-0.4, -0.2) is 0 Å². The van der Waals surface area contributed by atoms with Gasteiger partial charge in [-0.05, 0) is 66.7 Å². The summed E-state index contributed by atoms with van der Waals surface area (Å²) in [6.07, 6.45) is 0. The van der Waals surface area contributed by atoms with E-state index in [-0.39, 0.29) is 0 Å². The molecule has 6 aromatic carbocycles. The molecule has 0 amide bonds. The molecule has 30 heavy (non-hydrogen) atoms. The minimum atomic E-state index is 1.13. The highest BCUT2D eigenvalue weighted by atomic mass is 14.2. The highest BCUT2D eigenvalue weighted by molar-refractivity contribution is 6.08. The molecule has 0 atom stereocenters. The molecule has 0 aliphatic carbocycles. The highest BCUT2D eigenvalue weighted by Crippen LogP contribution is 2.38. The molecular weight excluding hydrogens is 360 g/mol. The Morgan fingerprint density at radius 2 is 0.900 bits per heavy atom. The van der Waals surface area contributed by atoms with E-state index in [0.717, 1.165) is 11.1 Å². The molecule has 0 nitrogen and oxygen atoms in total. The van der Waals surface area contributed by atoms with E-state index in [9.17, 15) is 0 Å². The van der Waals surface area contributed by atoms with Crippen molar-refractivity contribution in [3.63, 3.8) is 0 Å². The van der Waals surface area contributed by atoms with Crippen molar-refractivity contribution in [3.05, 3.63) is 121 Å². The van der Waals surface area contributed by atoms with Gasteiger partial charge in [-0.2, -0.15) is 0 Å². The molecule has 0 fully saturated rings. The Kier molecular flexibility index (Phi) is 3.89. The summed E-state index contributed by atoms with van der Waals surface area (Å²) >= 11 is 0. The molecule has 0 heterocycles. The second kappa shape index (κ2) is 6.86. The molecule has 6 aromatic rings. The Bertz CT molecular complexity index is 1530. The van der Waals surface area contributed by atoms with Crippen molar-refractivity contribution in [2.24, 2.45) is 0 Å². The lowest BCUT2D eigenvalue weighted by atomic mass is 9.89. The first-order valence-corrected chi connectivity index (χ1v) is 10.3. The van der Waals surface area contributed by atoms with Gasteiger partial charge in [0.25, 0.3) is 0 Å². The van der Waals surface area contributed by atoms with Crippen LogP contribution >= 0.6 is 0 Å². The second-order valence-electron chi connectivity index (χ2n) is 7.70. The molecule has 0 bridgehead atoms. The summed E-state index contributed by atoms with van der Waals surface area (Å²) in [7, 11) is 0. The van der Waals surface area contributed by atoms with Crippen LogP contribution in [0.5, 0.6) is 0 Å². The maximum atomic E-state index is 3.80. The number of fused-ring (bicyclic) bond motifs is 3. The zero-order valence-electron chi connectivity index (χ0n) is 16.5. The third-order valence-corrected chi connectivity index (χ3v) is 5.93. The van der Waals surface area contributed by atoms with Gasteiger partial charge in [-0.15, -0.1) is 0 Å². The number of benzene rings is 6. The SMILES string of the molecule is [c]1c(-c2cccc3ccccc23)cc2ccccc2c1-c1cccc2ccccc12. The molecule has 0 saturated carbocycles. The van der Waals surface area contributed by atoms with Crippen molar-refractivity contribution < 1.29 is 0 Å². The van der Waals surface area contributed by atoms with Crippen molar-refractivity contribution in [2.75, 3.05) is 0 Å². The van der Waals surface area contributed by atoms with Crippen LogP contribution < -0.4 is 0 Å².